The zero-order valence-corrected chi connectivity index (χ0v) is 13.4. The highest BCUT2D eigenvalue weighted by molar-refractivity contribution is 9.10. The van der Waals surface area contributed by atoms with Gasteiger partial charge in [0.05, 0.1) is 15.6 Å². The largest absolute Gasteiger partial charge is 0.289 e. The van der Waals surface area contributed by atoms with Crippen molar-refractivity contribution in [3.05, 3.63) is 62.1 Å². The molecule has 0 aliphatic rings. The lowest BCUT2D eigenvalue weighted by molar-refractivity contribution is -0.387. The van der Waals surface area contributed by atoms with E-state index in [1.54, 1.807) is 6.07 Å². The van der Waals surface area contributed by atoms with Crippen molar-refractivity contribution in [3.8, 4) is 0 Å². The molecule has 2 rings (SSSR count). The predicted molar refractivity (Wildman–Crippen MR) is 83.1 cm³/mol. The number of anilines is 1. The molecule has 9 heteroatoms. The van der Waals surface area contributed by atoms with Gasteiger partial charge in [-0.2, -0.15) is 0 Å². The molecule has 110 valence electrons. The van der Waals surface area contributed by atoms with Crippen LogP contribution < -0.4 is 4.72 Å². The summed E-state index contributed by atoms with van der Waals surface area (Å²) in [7, 11) is -4.12. The highest BCUT2D eigenvalue weighted by atomic mass is 79.9. The van der Waals surface area contributed by atoms with Gasteiger partial charge in [0.1, 0.15) is 0 Å². The van der Waals surface area contributed by atoms with Gasteiger partial charge in [-0.05, 0) is 24.3 Å². The molecular formula is C12H8BrClN2O4S. The van der Waals surface area contributed by atoms with Gasteiger partial charge in [0.2, 0.25) is 0 Å². The molecule has 0 atom stereocenters. The maximum atomic E-state index is 12.3. The molecule has 0 amide bonds. The first-order valence-electron chi connectivity index (χ1n) is 5.52. The Bertz CT molecular complexity index is 811. The van der Waals surface area contributed by atoms with Gasteiger partial charge in [0.25, 0.3) is 15.7 Å². The van der Waals surface area contributed by atoms with Crippen LogP contribution in [-0.2, 0) is 10.0 Å². The second-order valence-corrected chi connectivity index (χ2v) is 6.93. The third-order valence-corrected chi connectivity index (χ3v) is 4.75. The van der Waals surface area contributed by atoms with Crippen LogP contribution in [0.15, 0.2) is 51.8 Å². The first-order chi connectivity index (χ1) is 9.81. The Hall–Kier alpha value is -1.64. The van der Waals surface area contributed by atoms with E-state index in [9.17, 15) is 18.5 Å². The van der Waals surface area contributed by atoms with E-state index in [0.717, 1.165) is 12.1 Å². The zero-order valence-electron chi connectivity index (χ0n) is 10.3. The molecule has 0 aromatic heterocycles. The number of benzene rings is 2. The summed E-state index contributed by atoms with van der Waals surface area (Å²) >= 11 is 9.14. The summed E-state index contributed by atoms with van der Waals surface area (Å²) in [6.07, 6.45) is 0. The smallest absolute Gasteiger partial charge is 0.278 e. The van der Waals surface area contributed by atoms with Crippen LogP contribution in [0.1, 0.15) is 0 Å². The van der Waals surface area contributed by atoms with Gasteiger partial charge >= 0.3 is 0 Å². The molecule has 0 saturated carbocycles. The van der Waals surface area contributed by atoms with Gasteiger partial charge in [0.15, 0.2) is 4.90 Å². The van der Waals surface area contributed by atoms with Crippen LogP contribution in [0, 0.1) is 10.1 Å². The van der Waals surface area contributed by atoms with Crippen molar-refractivity contribution in [1.29, 1.82) is 0 Å². The van der Waals surface area contributed by atoms with E-state index in [-0.39, 0.29) is 10.7 Å². The molecule has 0 fully saturated rings. The van der Waals surface area contributed by atoms with Crippen LogP contribution in [0.5, 0.6) is 0 Å². The lowest BCUT2D eigenvalue weighted by atomic mass is 10.3. The predicted octanol–water partition coefficient (Wildman–Crippen LogP) is 3.81. The summed E-state index contributed by atoms with van der Waals surface area (Å²) in [5, 5.41) is 11.1. The summed E-state index contributed by atoms with van der Waals surface area (Å²) in [6.45, 7) is 0. The molecule has 0 unspecified atom stereocenters. The quantitative estimate of drug-likeness (QED) is 0.634. The molecule has 0 spiro atoms. The third-order valence-electron chi connectivity index (χ3n) is 2.53. The highest BCUT2D eigenvalue weighted by Gasteiger charge is 2.25. The normalized spacial score (nSPS) is 11.1. The van der Waals surface area contributed by atoms with Gasteiger partial charge in [-0.25, -0.2) is 8.42 Å². The Morgan fingerprint density at radius 1 is 1.19 bits per heavy atom. The minimum Gasteiger partial charge on any atom is -0.278 e. The number of halogens is 2. The topological polar surface area (TPSA) is 89.3 Å². The minimum absolute atomic E-state index is 0.137. The van der Waals surface area contributed by atoms with Crippen molar-refractivity contribution >= 4 is 48.9 Å². The molecule has 0 bridgehead atoms. The number of hydrogen-bond donors (Lipinski definition) is 1. The molecule has 0 radical (unpaired) electrons. The van der Waals surface area contributed by atoms with Crippen molar-refractivity contribution in [2.45, 2.75) is 4.90 Å². The van der Waals surface area contributed by atoms with Crippen LogP contribution in [0.4, 0.5) is 11.4 Å². The molecular weight excluding hydrogens is 384 g/mol. The Balaban J connectivity index is 2.46. The fourth-order valence-corrected chi connectivity index (χ4v) is 3.64. The molecule has 1 N–H and O–H groups in total. The molecule has 6 nitrogen and oxygen atoms in total. The maximum absolute atomic E-state index is 12.3. The molecule has 2 aromatic rings. The van der Waals surface area contributed by atoms with Crippen LogP contribution >= 0.6 is 27.5 Å². The van der Waals surface area contributed by atoms with E-state index in [1.807, 2.05) is 0 Å². The minimum atomic E-state index is -4.12. The number of nitrogens with one attached hydrogen (secondary N) is 1. The SMILES string of the molecule is O=[N+]([O-])c1ccccc1S(=O)(=O)Nc1ccc(Br)cc1Cl. The van der Waals surface area contributed by atoms with E-state index < -0.39 is 25.5 Å². The van der Waals surface area contributed by atoms with Gasteiger partial charge in [-0.3, -0.25) is 14.8 Å². The summed E-state index contributed by atoms with van der Waals surface area (Å²) in [5.41, 5.74) is -0.365. The van der Waals surface area contributed by atoms with Crippen molar-refractivity contribution in [1.82, 2.24) is 0 Å². The zero-order chi connectivity index (χ0) is 15.6. The van der Waals surface area contributed by atoms with Crippen LogP contribution in [-0.4, -0.2) is 13.3 Å². The summed E-state index contributed by atoms with van der Waals surface area (Å²) < 4.78 is 27.5. The fraction of sp³-hybridized carbons (Fsp3) is 0. The molecule has 0 aliphatic carbocycles. The van der Waals surface area contributed by atoms with Crippen molar-refractivity contribution in [2.24, 2.45) is 0 Å². The van der Waals surface area contributed by atoms with E-state index in [1.165, 1.54) is 24.3 Å². The van der Waals surface area contributed by atoms with Gasteiger partial charge in [-0.1, -0.05) is 39.7 Å². The molecule has 21 heavy (non-hydrogen) atoms. The maximum Gasteiger partial charge on any atom is 0.289 e. The van der Waals surface area contributed by atoms with E-state index in [0.29, 0.717) is 4.47 Å². The molecule has 2 aromatic carbocycles. The molecule has 0 heterocycles. The lowest BCUT2D eigenvalue weighted by Crippen LogP contribution is -2.14. The summed E-state index contributed by atoms with van der Waals surface area (Å²) in [6, 6.07) is 9.65. The Labute approximate surface area is 134 Å². The Morgan fingerprint density at radius 2 is 1.86 bits per heavy atom. The average molecular weight is 392 g/mol. The monoisotopic (exact) mass is 390 g/mol. The number of para-hydroxylation sites is 1. The Morgan fingerprint density at radius 3 is 2.48 bits per heavy atom. The lowest BCUT2D eigenvalue weighted by Gasteiger charge is -2.10. The molecule has 0 aliphatic heterocycles. The number of sulfonamides is 1. The number of rotatable bonds is 4. The first kappa shape index (κ1) is 15.7. The average Bonchev–Trinajstić information content (AvgIpc) is 2.42. The number of nitro groups is 1. The second kappa shape index (κ2) is 6.00. The second-order valence-electron chi connectivity index (χ2n) is 3.95. The summed E-state index contributed by atoms with van der Waals surface area (Å²) in [5.74, 6) is 0. The van der Waals surface area contributed by atoms with Gasteiger partial charge < -0.3 is 0 Å². The van der Waals surface area contributed by atoms with Crippen molar-refractivity contribution in [3.63, 3.8) is 0 Å². The van der Waals surface area contributed by atoms with E-state index in [2.05, 4.69) is 20.7 Å². The van der Waals surface area contributed by atoms with E-state index >= 15 is 0 Å². The van der Waals surface area contributed by atoms with Crippen LogP contribution in [0.2, 0.25) is 5.02 Å². The van der Waals surface area contributed by atoms with Gasteiger partial charge in [-0.15, -0.1) is 0 Å². The standard InChI is InChI=1S/C12H8BrClN2O4S/c13-8-5-6-10(9(14)7-8)15-21(19,20)12-4-2-1-3-11(12)16(17)18/h1-7,15H. The van der Waals surface area contributed by atoms with E-state index in [4.69, 9.17) is 11.6 Å². The number of nitrogens with zero attached hydrogens (tertiary/aromatic N) is 1. The van der Waals surface area contributed by atoms with Crippen LogP contribution in [0.3, 0.4) is 0 Å². The third kappa shape index (κ3) is 3.52. The molecule has 0 saturated heterocycles. The summed E-state index contributed by atoms with van der Waals surface area (Å²) in [4.78, 5) is 9.74. The van der Waals surface area contributed by atoms with Gasteiger partial charge in [0, 0.05) is 10.5 Å². The van der Waals surface area contributed by atoms with Crippen LogP contribution in [0.25, 0.3) is 0 Å². The Kier molecular flexibility index (Phi) is 4.50. The first-order valence-corrected chi connectivity index (χ1v) is 8.18. The van der Waals surface area contributed by atoms with Crippen molar-refractivity contribution < 1.29 is 13.3 Å². The number of hydrogen-bond acceptors (Lipinski definition) is 4. The number of nitro benzene ring substituents is 1. The highest BCUT2D eigenvalue weighted by Crippen LogP contribution is 2.30. The van der Waals surface area contributed by atoms with Crippen molar-refractivity contribution in [2.75, 3.05) is 4.72 Å². The fourth-order valence-electron chi connectivity index (χ4n) is 1.61.